The number of ether oxygens (including phenoxy) is 1. The van der Waals surface area contributed by atoms with Gasteiger partial charge in [0.2, 0.25) is 5.91 Å². The molecule has 226 valence electrons. The molecule has 0 aromatic heterocycles. The number of carbonyl (C=O) groups excluding carboxylic acids is 3. The summed E-state index contributed by atoms with van der Waals surface area (Å²) in [5.74, 6) is -0.612. The van der Waals surface area contributed by atoms with Crippen LogP contribution in [0.5, 0.6) is 0 Å². The van der Waals surface area contributed by atoms with E-state index in [2.05, 4.69) is 17.6 Å². The Morgan fingerprint density at radius 2 is 1.46 bits per heavy atom. The van der Waals surface area contributed by atoms with Crippen molar-refractivity contribution in [3.05, 3.63) is 64.2 Å². The Bertz CT molecular complexity index is 1160. The standard InChI is InChI=1S/C34H51N3O4/c1-10-11-12-13-14-15-21-37(32(39)27(6)35-33(40)41-34(7,8)9)30(28-20-19-23(2)26(5)22-28)31(38)36-29-24(3)17-16-18-25(29)4/h16-20,22,27,30H,10-15,21H2,1-9H3,(H,35,40)(H,36,38). The highest BCUT2D eigenvalue weighted by atomic mass is 16.6. The Morgan fingerprint density at radius 1 is 0.854 bits per heavy atom. The van der Waals surface area contributed by atoms with Crippen LogP contribution < -0.4 is 10.6 Å². The van der Waals surface area contributed by atoms with Gasteiger partial charge in [0.25, 0.3) is 5.91 Å². The van der Waals surface area contributed by atoms with E-state index in [9.17, 15) is 14.4 Å². The average molecular weight is 566 g/mol. The zero-order chi connectivity index (χ0) is 30.7. The Balaban J connectivity index is 2.48. The fourth-order valence-electron chi connectivity index (χ4n) is 4.83. The molecule has 0 heterocycles. The van der Waals surface area contributed by atoms with Crippen LogP contribution in [0, 0.1) is 27.7 Å². The number of benzene rings is 2. The van der Waals surface area contributed by atoms with E-state index >= 15 is 0 Å². The predicted molar refractivity (Wildman–Crippen MR) is 167 cm³/mol. The van der Waals surface area contributed by atoms with Crippen LogP contribution in [0.1, 0.15) is 107 Å². The maximum absolute atomic E-state index is 14.1. The van der Waals surface area contributed by atoms with Crippen molar-refractivity contribution in [1.82, 2.24) is 10.2 Å². The molecule has 2 rings (SSSR count). The molecular weight excluding hydrogens is 514 g/mol. The number of rotatable bonds is 13. The monoisotopic (exact) mass is 565 g/mol. The summed E-state index contributed by atoms with van der Waals surface area (Å²) in [7, 11) is 0. The minimum absolute atomic E-state index is 0.283. The average Bonchev–Trinajstić information content (AvgIpc) is 2.87. The van der Waals surface area contributed by atoms with E-state index in [0.29, 0.717) is 6.54 Å². The molecule has 0 bridgehead atoms. The van der Waals surface area contributed by atoms with Crippen LogP contribution in [-0.2, 0) is 14.3 Å². The van der Waals surface area contributed by atoms with Crippen LogP contribution >= 0.6 is 0 Å². The van der Waals surface area contributed by atoms with Crippen LogP contribution in [0.2, 0.25) is 0 Å². The van der Waals surface area contributed by atoms with E-state index in [-0.39, 0.29) is 11.8 Å². The Labute approximate surface area is 247 Å². The first-order valence-corrected chi connectivity index (χ1v) is 15.0. The second-order valence-corrected chi connectivity index (χ2v) is 12.2. The SMILES string of the molecule is CCCCCCCCN(C(=O)C(C)NC(=O)OC(C)(C)C)C(C(=O)Nc1c(C)cccc1C)c1ccc(C)c(C)c1. The number of anilines is 1. The number of hydrogen-bond donors (Lipinski definition) is 2. The molecule has 0 aliphatic carbocycles. The van der Waals surface area contributed by atoms with E-state index in [1.807, 2.05) is 64.1 Å². The molecule has 2 unspecified atom stereocenters. The molecule has 2 N–H and O–H groups in total. The maximum Gasteiger partial charge on any atom is 0.408 e. The van der Waals surface area contributed by atoms with E-state index in [4.69, 9.17) is 4.74 Å². The fourth-order valence-corrected chi connectivity index (χ4v) is 4.83. The van der Waals surface area contributed by atoms with Gasteiger partial charge in [-0.3, -0.25) is 9.59 Å². The number of para-hydroxylation sites is 1. The first kappa shape index (κ1) is 33.9. The third kappa shape index (κ3) is 10.5. The summed E-state index contributed by atoms with van der Waals surface area (Å²) in [6.07, 6.45) is 5.61. The molecule has 0 aliphatic heterocycles. The van der Waals surface area contributed by atoms with Gasteiger partial charge in [-0.05, 0) is 89.6 Å². The normalized spacial score (nSPS) is 12.8. The minimum Gasteiger partial charge on any atom is -0.444 e. The Hall–Kier alpha value is -3.35. The fraction of sp³-hybridized carbons (Fsp3) is 0.559. The number of carbonyl (C=O) groups is 3. The van der Waals surface area contributed by atoms with Crippen molar-refractivity contribution in [2.75, 3.05) is 11.9 Å². The van der Waals surface area contributed by atoms with Crippen molar-refractivity contribution in [2.45, 2.75) is 119 Å². The summed E-state index contributed by atoms with van der Waals surface area (Å²) in [5, 5.41) is 5.82. The first-order valence-electron chi connectivity index (χ1n) is 15.0. The van der Waals surface area contributed by atoms with Gasteiger partial charge in [0, 0.05) is 12.2 Å². The summed E-state index contributed by atoms with van der Waals surface area (Å²) in [4.78, 5) is 42.4. The van der Waals surface area contributed by atoms with Gasteiger partial charge in [-0.25, -0.2) is 4.79 Å². The van der Waals surface area contributed by atoms with Gasteiger partial charge in [0.15, 0.2) is 0 Å². The zero-order valence-corrected chi connectivity index (χ0v) is 26.6. The zero-order valence-electron chi connectivity index (χ0n) is 26.6. The second kappa shape index (κ2) is 15.6. The van der Waals surface area contributed by atoms with Crippen LogP contribution in [0.15, 0.2) is 36.4 Å². The summed E-state index contributed by atoms with van der Waals surface area (Å²) >= 11 is 0. The van der Waals surface area contributed by atoms with Crippen molar-refractivity contribution in [3.8, 4) is 0 Å². The van der Waals surface area contributed by atoms with Gasteiger partial charge < -0.3 is 20.3 Å². The van der Waals surface area contributed by atoms with Gasteiger partial charge in [-0.1, -0.05) is 75.4 Å². The number of alkyl carbamates (subject to hydrolysis) is 1. The van der Waals surface area contributed by atoms with Crippen LogP contribution in [0.3, 0.4) is 0 Å². The van der Waals surface area contributed by atoms with Crippen molar-refractivity contribution in [2.24, 2.45) is 0 Å². The molecule has 0 fully saturated rings. The van der Waals surface area contributed by atoms with Gasteiger partial charge in [0.05, 0.1) is 0 Å². The summed E-state index contributed by atoms with van der Waals surface area (Å²) < 4.78 is 5.40. The van der Waals surface area contributed by atoms with E-state index in [0.717, 1.165) is 65.6 Å². The molecule has 0 saturated heterocycles. The number of nitrogens with zero attached hydrogens (tertiary/aromatic N) is 1. The molecule has 0 radical (unpaired) electrons. The summed E-state index contributed by atoms with van der Waals surface area (Å²) in [5.41, 5.74) is 4.84. The quantitative estimate of drug-likeness (QED) is 0.244. The van der Waals surface area contributed by atoms with Crippen LogP contribution in [-0.4, -0.2) is 41.0 Å². The first-order chi connectivity index (χ1) is 19.2. The van der Waals surface area contributed by atoms with Crippen molar-refractivity contribution >= 4 is 23.6 Å². The van der Waals surface area contributed by atoms with Crippen molar-refractivity contribution in [3.63, 3.8) is 0 Å². The Morgan fingerprint density at radius 3 is 2.05 bits per heavy atom. The Kier molecular flexibility index (Phi) is 12.9. The topological polar surface area (TPSA) is 87.7 Å². The molecule has 2 aromatic carbocycles. The smallest absolute Gasteiger partial charge is 0.408 e. The predicted octanol–water partition coefficient (Wildman–Crippen LogP) is 7.70. The molecule has 7 heteroatoms. The highest BCUT2D eigenvalue weighted by Gasteiger charge is 2.35. The largest absolute Gasteiger partial charge is 0.444 e. The van der Waals surface area contributed by atoms with Crippen molar-refractivity contribution < 1.29 is 19.1 Å². The highest BCUT2D eigenvalue weighted by Crippen LogP contribution is 2.28. The molecule has 0 aliphatic rings. The molecule has 0 spiro atoms. The molecule has 0 saturated carbocycles. The minimum atomic E-state index is -0.882. The van der Waals surface area contributed by atoms with Gasteiger partial charge in [-0.15, -0.1) is 0 Å². The van der Waals surface area contributed by atoms with E-state index in [1.54, 1.807) is 32.6 Å². The number of nitrogens with one attached hydrogen (secondary N) is 2. The van der Waals surface area contributed by atoms with Crippen molar-refractivity contribution in [1.29, 1.82) is 0 Å². The molecule has 7 nitrogen and oxygen atoms in total. The van der Waals surface area contributed by atoms with Gasteiger partial charge in [0.1, 0.15) is 17.7 Å². The summed E-state index contributed by atoms with van der Waals surface area (Å²) in [6.45, 7) is 17.5. The molecule has 2 atom stereocenters. The van der Waals surface area contributed by atoms with E-state index < -0.39 is 23.8 Å². The maximum atomic E-state index is 14.1. The molecule has 41 heavy (non-hydrogen) atoms. The number of unbranched alkanes of at least 4 members (excludes halogenated alkanes) is 5. The lowest BCUT2D eigenvalue weighted by atomic mass is 9.97. The van der Waals surface area contributed by atoms with Crippen LogP contribution in [0.25, 0.3) is 0 Å². The van der Waals surface area contributed by atoms with Gasteiger partial charge in [-0.2, -0.15) is 0 Å². The lowest BCUT2D eigenvalue weighted by Gasteiger charge is -2.34. The molecule has 3 amide bonds. The number of aryl methyl sites for hydroxylation is 4. The van der Waals surface area contributed by atoms with Gasteiger partial charge >= 0.3 is 6.09 Å². The highest BCUT2D eigenvalue weighted by molar-refractivity contribution is 5.99. The number of hydrogen-bond acceptors (Lipinski definition) is 4. The second-order valence-electron chi connectivity index (χ2n) is 12.2. The third-order valence-corrected chi connectivity index (χ3v) is 7.28. The summed E-state index contributed by atoms with van der Waals surface area (Å²) in [6, 6.07) is 10.0. The molecule has 2 aromatic rings. The van der Waals surface area contributed by atoms with Crippen LogP contribution in [0.4, 0.5) is 10.5 Å². The number of amides is 3. The lowest BCUT2D eigenvalue weighted by Crippen LogP contribution is -2.51. The third-order valence-electron chi connectivity index (χ3n) is 7.28. The molecular formula is C34H51N3O4. The lowest BCUT2D eigenvalue weighted by molar-refractivity contribution is -0.140. The van der Waals surface area contributed by atoms with E-state index in [1.165, 1.54) is 6.42 Å².